The molecule has 1 amide bonds. The minimum Gasteiger partial charge on any atom is -0.349 e. The van der Waals surface area contributed by atoms with Crippen LogP contribution in [0.15, 0.2) is 59.1 Å². The fourth-order valence-corrected chi connectivity index (χ4v) is 2.51. The van der Waals surface area contributed by atoms with Gasteiger partial charge < -0.3 is 5.32 Å². The molecule has 0 aliphatic rings. The van der Waals surface area contributed by atoms with Gasteiger partial charge in [-0.15, -0.1) is 0 Å². The maximum atomic E-state index is 12.3. The summed E-state index contributed by atoms with van der Waals surface area (Å²) in [5.41, 5.74) is 2.12. The van der Waals surface area contributed by atoms with Crippen molar-refractivity contribution in [3.63, 3.8) is 0 Å². The monoisotopic (exact) mass is 331 g/mol. The van der Waals surface area contributed by atoms with E-state index in [4.69, 9.17) is 0 Å². The van der Waals surface area contributed by atoms with Crippen LogP contribution in [0.25, 0.3) is 0 Å². The molecule has 0 spiro atoms. The maximum Gasteiger partial charge on any atom is 0.227 e. The van der Waals surface area contributed by atoms with Gasteiger partial charge in [-0.3, -0.25) is 4.79 Å². The van der Waals surface area contributed by atoms with Gasteiger partial charge in [-0.25, -0.2) is 0 Å². The average molecular weight is 332 g/mol. The van der Waals surface area contributed by atoms with Crippen LogP contribution in [0.5, 0.6) is 0 Å². The molecular weight excluding hydrogens is 314 g/mol. The van der Waals surface area contributed by atoms with Crippen LogP contribution in [0.4, 0.5) is 0 Å². The second-order valence-corrected chi connectivity index (χ2v) is 5.83. The molecule has 0 aromatic heterocycles. The summed E-state index contributed by atoms with van der Waals surface area (Å²) >= 11 is 3.45. The van der Waals surface area contributed by atoms with E-state index in [0.29, 0.717) is 0 Å². The van der Waals surface area contributed by atoms with Crippen LogP contribution in [0.3, 0.4) is 0 Å². The van der Waals surface area contributed by atoms with Crippen molar-refractivity contribution in [3.05, 3.63) is 70.2 Å². The first-order chi connectivity index (χ1) is 9.58. The van der Waals surface area contributed by atoms with Crippen molar-refractivity contribution in [2.24, 2.45) is 0 Å². The van der Waals surface area contributed by atoms with Crippen molar-refractivity contribution in [2.75, 3.05) is 0 Å². The Morgan fingerprint density at radius 2 is 1.65 bits per heavy atom. The van der Waals surface area contributed by atoms with E-state index in [1.807, 2.05) is 68.4 Å². The molecule has 2 unspecified atom stereocenters. The van der Waals surface area contributed by atoms with Crippen LogP contribution >= 0.6 is 15.9 Å². The van der Waals surface area contributed by atoms with Crippen LogP contribution < -0.4 is 5.32 Å². The maximum absolute atomic E-state index is 12.3. The van der Waals surface area contributed by atoms with E-state index in [0.717, 1.165) is 15.6 Å². The Morgan fingerprint density at radius 1 is 1.00 bits per heavy atom. The molecule has 0 saturated heterocycles. The number of hydrogen-bond donors (Lipinski definition) is 1. The molecule has 0 fully saturated rings. The molecule has 104 valence electrons. The van der Waals surface area contributed by atoms with Crippen molar-refractivity contribution in [3.8, 4) is 0 Å². The highest BCUT2D eigenvalue weighted by Crippen LogP contribution is 2.20. The Bertz CT molecular complexity index is 583. The van der Waals surface area contributed by atoms with Gasteiger partial charge in [0.05, 0.1) is 12.0 Å². The fourth-order valence-electron chi connectivity index (χ4n) is 2.09. The molecule has 2 aromatic rings. The Labute approximate surface area is 128 Å². The molecule has 20 heavy (non-hydrogen) atoms. The van der Waals surface area contributed by atoms with Crippen molar-refractivity contribution < 1.29 is 4.79 Å². The Hall–Kier alpha value is -1.61. The Balaban J connectivity index is 2.04. The van der Waals surface area contributed by atoms with Gasteiger partial charge in [0, 0.05) is 4.47 Å². The standard InChI is InChI=1S/C17H18BrNO/c1-12(14-7-4-3-5-8-14)17(20)19-13(2)15-9-6-10-16(18)11-15/h3-13H,1-2H3,(H,19,20). The van der Waals surface area contributed by atoms with E-state index in [2.05, 4.69) is 21.2 Å². The molecule has 0 aliphatic heterocycles. The lowest BCUT2D eigenvalue weighted by molar-refractivity contribution is -0.122. The second-order valence-electron chi connectivity index (χ2n) is 4.92. The summed E-state index contributed by atoms with van der Waals surface area (Å²) in [5, 5.41) is 3.06. The average Bonchev–Trinajstić information content (AvgIpc) is 2.47. The van der Waals surface area contributed by atoms with Crippen molar-refractivity contribution in [1.29, 1.82) is 0 Å². The van der Waals surface area contributed by atoms with Crippen molar-refractivity contribution in [2.45, 2.75) is 25.8 Å². The Morgan fingerprint density at radius 3 is 2.30 bits per heavy atom. The van der Waals surface area contributed by atoms with E-state index < -0.39 is 0 Å². The second kappa shape index (κ2) is 6.71. The molecule has 2 aromatic carbocycles. The molecule has 1 N–H and O–H groups in total. The number of benzene rings is 2. The van der Waals surface area contributed by atoms with E-state index in [1.54, 1.807) is 0 Å². The molecule has 0 bridgehead atoms. The summed E-state index contributed by atoms with van der Waals surface area (Å²) in [5.74, 6) is -0.102. The summed E-state index contributed by atoms with van der Waals surface area (Å²) in [4.78, 5) is 12.3. The van der Waals surface area contributed by atoms with Gasteiger partial charge in [0.15, 0.2) is 0 Å². The third-order valence-electron chi connectivity index (χ3n) is 3.40. The number of carbonyl (C=O) groups excluding carboxylic acids is 1. The molecule has 0 saturated carbocycles. The molecule has 2 atom stereocenters. The quantitative estimate of drug-likeness (QED) is 0.882. The zero-order valence-electron chi connectivity index (χ0n) is 11.6. The van der Waals surface area contributed by atoms with Gasteiger partial charge in [-0.2, -0.15) is 0 Å². The number of nitrogens with one attached hydrogen (secondary N) is 1. The zero-order valence-corrected chi connectivity index (χ0v) is 13.2. The van der Waals surface area contributed by atoms with Crippen LogP contribution in [0, 0.1) is 0 Å². The minimum absolute atomic E-state index is 0.00818. The predicted octanol–water partition coefficient (Wildman–Crippen LogP) is 4.43. The van der Waals surface area contributed by atoms with Gasteiger partial charge in [-0.05, 0) is 37.1 Å². The first-order valence-electron chi connectivity index (χ1n) is 6.68. The topological polar surface area (TPSA) is 29.1 Å². The van der Waals surface area contributed by atoms with E-state index in [1.165, 1.54) is 0 Å². The van der Waals surface area contributed by atoms with Gasteiger partial charge in [0.1, 0.15) is 0 Å². The molecular formula is C17H18BrNO. The molecule has 2 rings (SSSR count). The lowest BCUT2D eigenvalue weighted by atomic mass is 9.99. The first kappa shape index (κ1) is 14.8. The number of rotatable bonds is 4. The van der Waals surface area contributed by atoms with E-state index in [9.17, 15) is 4.79 Å². The van der Waals surface area contributed by atoms with Gasteiger partial charge in [0.2, 0.25) is 5.91 Å². The SMILES string of the molecule is CC(NC(=O)C(C)c1ccccc1)c1cccc(Br)c1. The largest absolute Gasteiger partial charge is 0.349 e. The van der Waals surface area contributed by atoms with Crippen LogP contribution in [-0.2, 0) is 4.79 Å². The van der Waals surface area contributed by atoms with Gasteiger partial charge in [-0.1, -0.05) is 58.4 Å². The minimum atomic E-state index is -0.147. The lowest BCUT2D eigenvalue weighted by Gasteiger charge is -2.18. The van der Waals surface area contributed by atoms with E-state index in [-0.39, 0.29) is 17.9 Å². The normalized spacial score (nSPS) is 13.6. The highest BCUT2D eigenvalue weighted by atomic mass is 79.9. The first-order valence-corrected chi connectivity index (χ1v) is 7.48. The van der Waals surface area contributed by atoms with Gasteiger partial charge in [0.25, 0.3) is 0 Å². The van der Waals surface area contributed by atoms with Crippen molar-refractivity contribution >= 4 is 21.8 Å². The third-order valence-corrected chi connectivity index (χ3v) is 3.89. The predicted molar refractivity (Wildman–Crippen MR) is 85.6 cm³/mol. The molecule has 0 aliphatic carbocycles. The molecule has 3 heteroatoms. The number of hydrogen-bond acceptors (Lipinski definition) is 1. The molecule has 0 heterocycles. The Kier molecular flexibility index (Phi) is 4.96. The summed E-state index contributed by atoms with van der Waals surface area (Å²) in [6.45, 7) is 3.93. The smallest absolute Gasteiger partial charge is 0.227 e. The number of halogens is 1. The van der Waals surface area contributed by atoms with Crippen LogP contribution in [0.2, 0.25) is 0 Å². The van der Waals surface area contributed by atoms with E-state index >= 15 is 0 Å². The third kappa shape index (κ3) is 3.70. The van der Waals surface area contributed by atoms with Crippen molar-refractivity contribution in [1.82, 2.24) is 5.32 Å². The zero-order chi connectivity index (χ0) is 14.5. The van der Waals surface area contributed by atoms with Gasteiger partial charge >= 0.3 is 0 Å². The molecule has 0 radical (unpaired) electrons. The van der Waals surface area contributed by atoms with Crippen LogP contribution in [-0.4, -0.2) is 5.91 Å². The number of amides is 1. The molecule has 2 nitrogen and oxygen atoms in total. The summed E-state index contributed by atoms with van der Waals surface area (Å²) < 4.78 is 1.02. The fraction of sp³-hybridized carbons (Fsp3) is 0.235. The lowest BCUT2D eigenvalue weighted by Crippen LogP contribution is -2.30. The summed E-state index contributed by atoms with van der Waals surface area (Å²) in [6.07, 6.45) is 0. The highest BCUT2D eigenvalue weighted by Gasteiger charge is 2.17. The number of carbonyl (C=O) groups is 1. The van der Waals surface area contributed by atoms with Crippen LogP contribution in [0.1, 0.15) is 36.9 Å². The summed E-state index contributed by atoms with van der Waals surface area (Å²) in [6, 6.07) is 17.8. The summed E-state index contributed by atoms with van der Waals surface area (Å²) in [7, 11) is 0. The highest BCUT2D eigenvalue weighted by molar-refractivity contribution is 9.10.